The van der Waals surface area contributed by atoms with Crippen molar-refractivity contribution < 1.29 is 22.7 Å². The fraction of sp³-hybridized carbons (Fsp3) is 0.417. The largest absolute Gasteiger partial charge is 0.481 e. The van der Waals surface area contributed by atoms with Crippen LogP contribution < -0.4 is 4.72 Å². The molecule has 106 valence electrons. The minimum absolute atomic E-state index is 0.00864. The summed E-state index contributed by atoms with van der Waals surface area (Å²) in [4.78, 5) is 10.4. The van der Waals surface area contributed by atoms with Gasteiger partial charge in [-0.2, -0.15) is 0 Å². The van der Waals surface area contributed by atoms with Gasteiger partial charge in [-0.25, -0.2) is 17.5 Å². The van der Waals surface area contributed by atoms with Gasteiger partial charge in [0.1, 0.15) is 5.82 Å². The third kappa shape index (κ3) is 4.29. The highest BCUT2D eigenvalue weighted by molar-refractivity contribution is 7.89. The molecule has 7 heteroatoms. The van der Waals surface area contributed by atoms with Crippen molar-refractivity contribution in [2.75, 3.05) is 6.54 Å². The van der Waals surface area contributed by atoms with E-state index in [-0.39, 0.29) is 17.9 Å². The summed E-state index contributed by atoms with van der Waals surface area (Å²) in [5.74, 6) is -2.22. The summed E-state index contributed by atoms with van der Waals surface area (Å²) in [5.41, 5.74) is 0.360. The van der Waals surface area contributed by atoms with Crippen LogP contribution in [0.25, 0.3) is 0 Å². The van der Waals surface area contributed by atoms with Crippen LogP contribution in [0.1, 0.15) is 18.9 Å². The molecule has 1 atom stereocenters. The number of hydrogen-bond donors (Lipinski definition) is 2. The van der Waals surface area contributed by atoms with Crippen LogP contribution in [0.4, 0.5) is 4.39 Å². The first kappa shape index (κ1) is 15.6. The first-order valence-electron chi connectivity index (χ1n) is 5.72. The van der Waals surface area contributed by atoms with E-state index in [1.54, 1.807) is 0 Å². The molecule has 0 saturated heterocycles. The number of carboxylic acids is 1. The van der Waals surface area contributed by atoms with E-state index >= 15 is 0 Å². The van der Waals surface area contributed by atoms with E-state index in [4.69, 9.17) is 5.11 Å². The molecule has 2 N–H and O–H groups in total. The number of carboxylic acid groups (broad SMARTS) is 1. The predicted octanol–water partition coefficient (Wildman–Crippen LogP) is 1.52. The lowest BCUT2D eigenvalue weighted by molar-refractivity contribution is -0.141. The Morgan fingerprint density at radius 2 is 2.11 bits per heavy atom. The smallest absolute Gasteiger partial charge is 0.306 e. The fourth-order valence-corrected chi connectivity index (χ4v) is 2.42. The van der Waals surface area contributed by atoms with Gasteiger partial charge in [0, 0.05) is 6.54 Å². The molecule has 19 heavy (non-hydrogen) atoms. The van der Waals surface area contributed by atoms with Gasteiger partial charge in [0.2, 0.25) is 10.0 Å². The third-order valence-electron chi connectivity index (χ3n) is 2.74. The van der Waals surface area contributed by atoms with Crippen molar-refractivity contribution >= 4 is 16.0 Å². The third-order valence-corrected chi connectivity index (χ3v) is 4.20. The fourth-order valence-electron chi connectivity index (χ4n) is 1.36. The highest BCUT2D eigenvalue weighted by Gasteiger charge is 2.17. The number of carbonyl (C=O) groups is 1. The maximum atomic E-state index is 13.3. The lowest BCUT2D eigenvalue weighted by atomic mass is 10.1. The van der Waals surface area contributed by atoms with E-state index in [9.17, 15) is 17.6 Å². The van der Waals surface area contributed by atoms with Gasteiger partial charge in [0.15, 0.2) is 0 Å². The van der Waals surface area contributed by atoms with E-state index in [0.29, 0.717) is 5.56 Å². The molecular formula is C12H16FNO4S. The molecule has 0 amide bonds. The SMILES string of the molecule is Cc1ccc(S(=O)(=O)NCCC(C)C(=O)O)cc1F. The Hall–Kier alpha value is -1.47. The van der Waals surface area contributed by atoms with Crippen LogP contribution in [0, 0.1) is 18.7 Å². The van der Waals surface area contributed by atoms with Crippen LogP contribution in [0.2, 0.25) is 0 Å². The van der Waals surface area contributed by atoms with Crippen LogP contribution in [0.15, 0.2) is 23.1 Å². The van der Waals surface area contributed by atoms with Crippen molar-refractivity contribution in [1.82, 2.24) is 4.72 Å². The molecule has 0 aromatic heterocycles. The Labute approximate surface area is 111 Å². The Bertz CT molecular complexity index is 571. The zero-order valence-corrected chi connectivity index (χ0v) is 11.5. The second-order valence-corrected chi connectivity index (χ2v) is 6.10. The molecule has 1 aromatic rings. The van der Waals surface area contributed by atoms with Gasteiger partial charge in [0.25, 0.3) is 0 Å². The number of benzene rings is 1. The molecule has 0 radical (unpaired) electrons. The zero-order chi connectivity index (χ0) is 14.6. The van der Waals surface area contributed by atoms with Crippen molar-refractivity contribution in [2.24, 2.45) is 5.92 Å². The molecule has 0 aliphatic carbocycles. The average molecular weight is 289 g/mol. The van der Waals surface area contributed by atoms with Crippen molar-refractivity contribution in [2.45, 2.75) is 25.2 Å². The van der Waals surface area contributed by atoms with Crippen molar-refractivity contribution in [1.29, 1.82) is 0 Å². The molecular weight excluding hydrogens is 273 g/mol. The van der Waals surface area contributed by atoms with Gasteiger partial charge in [-0.15, -0.1) is 0 Å². The first-order chi connectivity index (χ1) is 8.74. The normalized spacial score (nSPS) is 13.2. The topological polar surface area (TPSA) is 83.5 Å². The molecule has 1 rings (SSSR count). The van der Waals surface area contributed by atoms with Gasteiger partial charge in [-0.1, -0.05) is 13.0 Å². The van der Waals surface area contributed by atoms with E-state index in [0.717, 1.165) is 6.07 Å². The molecule has 0 spiro atoms. The van der Waals surface area contributed by atoms with Crippen molar-refractivity contribution in [3.8, 4) is 0 Å². The van der Waals surface area contributed by atoms with Crippen molar-refractivity contribution in [3.05, 3.63) is 29.6 Å². The molecule has 5 nitrogen and oxygen atoms in total. The number of rotatable bonds is 6. The highest BCUT2D eigenvalue weighted by Crippen LogP contribution is 2.14. The van der Waals surface area contributed by atoms with Gasteiger partial charge in [-0.3, -0.25) is 4.79 Å². The summed E-state index contributed by atoms with van der Waals surface area (Å²) >= 11 is 0. The molecule has 1 unspecified atom stereocenters. The molecule has 0 aliphatic rings. The van der Waals surface area contributed by atoms with Crippen LogP contribution in [0.3, 0.4) is 0 Å². The minimum Gasteiger partial charge on any atom is -0.481 e. The summed E-state index contributed by atoms with van der Waals surface area (Å²) in [5, 5.41) is 8.67. The number of nitrogens with one attached hydrogen (secondary N) is 1. The van der Waals surface area contributed by atoms with Crippen molar-refractivity contribution in [3.63, 3.8) is 0 Å². The summed E-state index contributed by atoms with van der Waals surface area (Å²) in [6.07, 6.45) is 0.170. The van der Waals surface area contributed by atoms with Gasteiger partial charge >= 0.3 is 5.97 Å². The standard InChI is InChI=1S/C12H16FNO4S/c1-8-3-4-10(7-11(8)13)19(17,18)14-6-5-9(2)12(15)16/h3-4,7,9,14H,5-6H2,1-2H3,(H,15,16). The van der Waals surface area contributed by atoms with Gasteiger partial charge < -0.3 is 5.11 Å². The van der Waals surface area contributed by atoms with E-state index in [2.05, 4.69) is 4.72 Å². The van der Waals surface area contributed by atoms with Crippen LogP contribution in [-0.4, -0.2) is 26.0 Å². The number of aryl methyl sites for hydroxylation is 1. The van der Waals surface area contributed by atoms with E-state index < -0.39 is 27.7 Å². The summed E-state index contributed by atoms with van der Waals surface area (Å²) in [6.45, 7) is 3.02. The second kappa shape index (κ2) is 6.12. The Balaban J connectivity index is 2.71. The molecule has 0 saturated carbocycles. The lowest BCUT2D eigenvalue weighted by Crippen LogP contribution is -2.27. The van der Waals surface area contributed by atoms with E-state index in [1.165, 1.54) is 26.0 Å². The van der Waals surface area contributed by atoms with Gasteiger partial charge in [-0.05, 0) is 31.0 Å². The second-order valence-electron chi connectivity index (χ2n) is 4.34. The highest BCUT2D eigenvalue weighted by atomic mass is 32.2. The first-order valence-corrected chi connectivity index (χ1v) is 7.21. The number of hydrogen-bond acceptors (Lipinski definition) is 3. The van der Waals surface area contributed by atoms with Crippen LogP contribution in [-0.2, 0) is 14.8 Å². The number of halogens is 1. The molecule has 0 fully saturated rings. The zero-order valence-electron chi connectivity index (χ0n) is 10.7. The number of sulfonamides is 1. The molecule has 0 bridgehead atoms. The maximum absolute atomic E-state index is 13.3. The summed E-state index contributed by atoms with van der Waals surface area (Å²) < 4.78 is 39.2. The van der Waals surface area contributed by atoms with Crippen LogP contribution >= 0.6 is 0 Å². The van der Waals surface area contributed by atoms with Crippen LogP contribution in [0.5, 0.6) is 0 Å². The molecule has 0 aliphatic heterocycles. The monoisotopic (exact) mass is 289 g/mol. The minimum atomic E-state index is -3.80. The molecule has 1 aromatic carbocycles. The quantitative estimate of drug-likeness (QED) is 0.831. The Kier molecular flexibility index (Phi) is 5.02. The predicted molar refractivity (Wildman–Crippen MR) is 67.7 cm³/mol. The number of aliphatic carboxylic acids is 1. The van der Waals surface area contributed by atoms with E-state index in [1.807, 2.05) is 0 Å². The van der Waals surface area contributed by atoms with Gasteiger partial charge in [0.05, 0.1) is 10.8 Å². The Morgan fingerprint density at radius 1 is 1.47 bits per heavy atom. The maximum Gasteiger partial charge on any atom is 0.306 e. The lowest BCUT2D eigenvalue weighted by Gasteiger charge is -2.09. The average Bonchev–Trinajstić information content (AvgIpc) is 2.32. The Morgan fingerprint density at radius 3 is 2.63 bits per heavy atom. The molecule has 0 heterocycles. The summed E-state index contributed by atoms with van der Waals surface area (Å²) in [7, 11) is -3.80. The summed E-state index contributed by atoms with van der Waals surface area (Å²) in [6, 6.07) is 3.63.